The highest BCUT2D eigenvalue weighted by molar-refractivity contribution is 6.02. The van der Waals surface area contributed by atoms with Crippen LogP contribution in [0.3, 0.4) is 0 Å². The fraction of sp³-hybridized carbons (Fsp3) is 0.333. The molecule has 2 N–H and O–H groups in total. The summed E-state index contributed by atoms with van der Waals surface area (Å²) < 4.78 is 0. The predicted octanol–water partition coefficient (Wildman–Crippen LogP) is 1.48. The van der Waals surface area contributed by atoms with Crippen LogP contribution in [0.4, 0.5) is 5.69 Å². The van der Waals surface area contributed by atoms with Crippen molar-refractivity contribution in [3.8, 4) is 0 Å². The minimum Gasteiger partial charge on any atom is -0.399 e. The van der Waals surface area contributed by atoms with Gasteiger partial charge in [0.1, 0.15) is 0 Å². The van der Waals surface area contributed by atoms with Crippen LogP contribution in [-0.2, 0) is 9.59 Å². The maximum atomic E-state index is 11.6. The first-order valence-corrected chi connectivity index (χ1v) is 5.30. The monoisotopic (exact) mass is 218 g/mol. The number of benzene rings is 1. The largest absolute Gasteiger partial charge is 0.399 e. The van der Waals surface area contributed by atoms with Gasteiger partial charge in [-0.05, 0) is 24.6 Å². The molecule has 16 heavy (non-hydrogen) atoms. The predicted molar refractivity (Wildman–Crippen MR) is 60.4 cm³/mol. The highest BCUT2D eigenvalue weighted by Gasteiger charge is 2.33. The maximum Gasteiger partial charge on any atom is 0.230 e. The number of anilines is 1. The lowest BCUT2D eigenvalue weighted by Crippen LogP contribution is -2.31. The maximum absolute atomic E-state index is 11.6. The Hall–Kier alpha value is -1.84. The van der Waals surface area contributed by atoms with E-state index >= 15 is 0 Å². The molecule has 4 heteroatoms. The summed E-state index contributed by atoms with van der Waals surface area (Å²) in [5.74, 6) is -0.195. The average molecular weight is 218 g/mol. The molecule has 0 saturated carbocycles. The number of hydrogen-bond donors (Lipinski definition) is 1. The van der Waals surface area contributed by atoms with E-state index in [4.69, 9.17) is 5.73 Å². The van der Waals surface area contributed by atoms with E-state index in [1.807, 2.05) is 19.1 Å². The number of carbonyl (C=O) groups excluding carboxylic acids is 2. The Kier molecular flexibility index (Phi) is 2.64. The first-order valence-electron chi connectivity index (χ1n) is 5.30. The molecule has 1 saturated heterocycles. The molecule has 1 atom stereocenters. The first-order chi connectivity index (χ1) is 7.59. The fourth-order valence-corrected chi connectivity index (χ4v) is 1.99. The number of nitrogen functional groups attached to an aromatic ring is 1. The van der Waals surface area contributed by atoms with Crippen LogP contribution >= 0.6 is 0 Å². The molecule has 0 spiro atoms. The van der Waals surface area contributed by atoms with Crippen molar-refractivity contribution in [1.82, 2.24) is 4.90 Å². The molecule has 1 unspecified atom stereocenters. The van der Waals surface area contributed by atoms with Crippen molar-refractivity contribution in [3.05, 3.63) is 29.8 Å². The van der Waals surface area contributed by atoms with Gasteiger partial charge in [-0.2, -0.15) is 0 Å². The minimum absolute atomic E-state index is 0.0973. The van der Waals surface area contributed by atoms with Crippen LogP contribution in [0, 0.1) is 0 Å². The lowest BCUT2D eigenvalue weighted by atomic mass is 10.1. The highest BCUT2D eigenvalue weighted by Crippen LogP contribution is 2.27. The smallest absolute Gasteiger partial charge is 0.230 e. The zero-order valence-electron chi connectivity index (χ0n) is 9.14. The number of likely N-dealkylation sites (tertiary alicyclic amines) is 1. The highest BCUT2D eigenvalue weighted by atomic mass is 16.2. The molecule has 2 rings (SSSR count). The number of amides is 2. The van der Waals surface area contributed by atoms with E-state index in [9.17, 15) is 9.59 Å². The molecule has 84 valence electrons. The molecule has 0 aliphatic carbocycles. The van der Waals surface area contributed by atoms with E-state index in [1.54, 1.807) is 12.1 Å². The third-order valence-corrected chi connectivity index (χ3v) is 2.87. The quantitative estimate of drug-likeness (QED) is 0.604. The van der Waals surface area contributed by atoms with E-state index in [0.717, 1.165) is 5.56 Å². The van der Waals surface area contributed by atoms with Gasteiger partial charge >= 0.3 is 0 Å². The van der Waals surface area contributed by atoms with Crippen molar-refractivity contribution >= 4 is 17.5 Å². The third-order valence-electron chi connectivity index (χ3n) is 2.87. The van der Waals surface area contributed by atoms with Gasteiger partial charge in [-0.3, -0.25) is 14.5 Å². The van der Waals surface area contributed by atoms with Crippen LogP contribution in [0.15, 0.2) is 24.3 Å². The molecular weight excluding hydrogens is 204 g/mol. The minimum atomic E-state index is -0.231. The SMILES string of the molecule is CC(c1cccc(N)c1)N1C(=O)CCC1=O. The molecule has 4 nitrogen and oxygen atoms in total. The summed E-state index contributed by atoms with van der Waals surface area (Å²) in [7, 11) is 0. The molecule has 1 aromatic carbocycles. The molecule has 2 amide bonds. The van der Waals surface area contributed by atoms with E-state index < -0.39 is 0 Å². The van der Waals surface area contributed by atoms with Crippen LogP contribution in [0.5, 0.6) is 0 Å². The van der Waals surface area contributed by atoms with E-state index in [1.165, 1.54) is 4.90 Å². The summed E-state index contributed by atoms with van der Waals surface area (Å²) in [4.78, 5) is 24.4. The second kappa shape index (κ2) is 3.96. The average Bonchev–Trinajstić information content (AvgIpc) is 2.58. The second-order valence-corrected chi connectivity index (χ2v) is 4.00. The number of nitrogens with two attached hydrogens (primary N) is 1. The Balaban J connectivity index is 2.28. The van der Waals surface area contributed by atoms with E-state index in [-0.39, 0.29) is 17.9 Å². The molecule has 0 bridgehead atoms. The van der Waals surface area contributed by atoms with Crippen molar-refractivity contribution in [3.63, 3.8) is 0 Å². The van der Waals surface area contributed by atoms with Crippen molar-refractivity contribution in [1.29, 1.82) is 0 Å². The molecule has 1 aliphatic heterocycles. The normalized spacial score (nSPS) is 17.9. The molecule has 0 radical (unpaired) electrons. The van der Waals surface area contributed by atoms with Gasteiger partial charge in [0, 0.05) is 18.5 Å². The summed E-state index contributed by atoms with van der Waals surface area (Å²) in [6.07, 6.45) is 0.650. The zero-order valence-corrected chi connectivity index (χ0v) is 9.14. The lowest BCUT2D eigenvalue weighted by molar-refractivity contribution is -0.140. The van der Waals surface area contributed by atoms with Gasteiger partial charge in [0.25, 0.3) is 0 Å². The Morgan fingerprint density at radius 2 is 1.88 bits per heavy atom. The van der Waals surface area contributed by atoms with Gasteiger partial charge in [0.2, 0.25) is 11.8 Å². The van der Waals surface area contributed by atoms with E-state index in [0.29, 0.717) is 18.5 Å². The summed E-state index contributed by atoms with van der Waals surface area (Å²) in [5.41, 5.74) is 7.21. The Morgan fingerprint density at radius 1 is 1.25 bits per heavy atom. The number of rotatable bonds is 2. The van der Waals surface area contributed by atoms with Crippen LogP contribution in [-0.4, -0.2) is 16.7 Å². The topological polar surface area (TPSA) is 63.4 Å². The third kappa shape index (κ3) is 1.78. The molecule has 1 aliphatic rings. The molecule has 1 aromatic rings. The molecule has 0 aromatic heterocycles. The van der Waals surface area contributed by atoms with Crippen molar-refractivity contribution in [2.75, 3.05) is 5.73 Å². The summed E-state index contributed by atoms with van der Waals surface area (Å²) in [6, 6.07) is 7.05. The number of nitrogens with zero attached hydrogens (tertiary/aromatic N) is 1. The number of carbonyl (C=O) groups is 2. The summed E-state index contributed by atoms with van der Waals surface area (Å²) in [5, 5.41) is 0. The van der Waals surface area contributed by atoms with Crippen molar-refractivity contribution in [2.24, 2.45) is 0 Å². The van der Waals surface area contributed by atoms with Gasteiger partial charge in [0.05, 0.1) is 6.04 Å². The number of hydrogen-bond acceptors (Lipinski definition) is 3. The van der Waals surface area contributed by atoms with Gasteiger partial charge in [-0.25, -0.2) is 0 Å². The van der Waals surface area contributed by atoms with Gasteiger partial charge in [0.15, 0.2) is 0 Å². The van der Waals surface area contributed by atoms with Crippen LogP contribution in [0.2, 0.25) is 0 Å². The van der Waals surface area contributed by atoms with Crippen molar-refractivity contribution in [2.45, 2.75) is 25.8 Å². The van der Waals surface area contributed by atoms with Crippen LogP contribution in [0.25, 0.3) is 0 Å². The summed E-state index contributed by atoms with van der Waals surface area (Å²) in [6.45, 7) is 1.84. The lowest BCUT2D eigenvalue weighted by Gasteiger charge is -2.22. The zero-order chi connectivity index (χ0) is 11.7. The number of imide groups is 1. The van der Waals surface area contributed by atoms with Crippen LogP contribution in [0.1, 0.15) is 31.4 Å². The summed E-state index contributed by atoms with van der Waals surface area (Å²) >= 11 is 0. The Bertz CT molecular complexity index is 426. The van der Waals surface area contributed by atoms with Crippen LogP contribution < -0.4 is 5.73 Å². The van der Waals surface area contributed by atoms with Gasteiger partial charge < -0.3 is 5.73 Å². The van der Waals surface area contributed by atoms with Crippen molar-refractivity contribution < 1.29 is 9.59 Å². The Labute approximate surface area is 94.0 Å². The second-order valence-electron chi connectivity index (χ2n) is 4.00. The molecule has 1 heterocycles. The standard InChI is InChI=1S/C12H14N2O2/c1-8(9-3-2-4-10(13)7-9)14-11(15)5-6-12(14)16/h2-4,7-8H,5-6,13H2,1H3. The van der Waals surface area contributed by atoms with E-state index in [2.05, 4.69) is 0 Å². The first kappa shape index (κ1) is 10.7. The fourth-order valence-electron chi connectivity index (χ4n) is 1.99. The molecule has 1 fully saturated rings. The Morgan fingerprint density at radius 3 is 2.44 bits per heavy atom. The molecular formula is C12H14N2O2. The van der Waals surface area contributed by atoms with Gasteiger partial charge in [-0.1, -0.05) is 12.1 Å². The van der Waals surface area contributed by atoms with Gasteiger partial charge in [-0.15, -0.1) is 0 Å².